The van der Waals surface area contributed by atoms with Gasteiger partial charge in [0.05, 0.1) is 5.56 Å². The van der Waals surface area contributed by atoms with Crippen LogP contribution in [0.4, 0.5) is 0 Å². The molecule has 1 aliphatic rings. The predicted octanol–water partition coefficient (Wildman–Crippen LogP) is 1.04. The average molecular weight is 193 g/mol. The van der Waals surface area contributed by atoms with Crippen molar-refractivity contribution in [1.29, 1.82) is 0 Å². The van der Waals surface area contributed by atoms with Gasteiger partial charge in [0.25, 0.3) is 0 Å². The predicted molar refractivity (Wildman–Crippen MR) is 50.3 cm³/mol. The molecule has 0 heterocycles. The molecule has 14 heavy (non-hydrogen) atoms. The molecule has 0 fully saturated rings. The van der Waals surface area contributed by atoms with E-state index in [0.717, 1.165) is 18.4 Å². The van der Waals surface area contributed by atoms with E-state index in [4.69, 9.17) is 10.8 Å². The third-order valence-corrected chi connectivity index (χ3v) is 2.59. The highest BCUT2D eigenvalue weighted by atomic mass is 16.4. The molecule has 1 aromatic carbocycles. The maximum Gasteiger partial charge on any atom is 0.335 e. The Balaban J connectivity index is 2.57. The summed E-state index contributed by atoms with van der Waals surface area (Å²) in [5.74, 6) is -1.02. The van der Waals surface area contributed by atoms with E-state index in [-0.39, 0.29) is 17.4 Å². The second-order valence-electron chi connectivity index (χ2n) is 3.52. The summed E-state index contributed by atoms with van der Waals surface area (Å²) >= 11 is 0. The topological polar surface area (TPSA) is 83.6 Å². The molecule has 0 aliphatic heterocycles. The Morgan fingerprint density at radius 2 is 2.21 bits per heavy atom. The zero-order valence-electron chi connectivity index (χ0n) is 7.53. The Hall–Kier alpha value is -1.55. The van der Waals surface area contributed by atoms with E-state index < -0.39 is 5.97 Å². The maximum atomic E-state index is 10.7. The molecule has 4 heteroatoms. The van der Waals surface area contributed by atoms with Crippen molar-refractivity contribution in [3.05, 3.63) is 28.8 Å². The first-order chi connectivity index (χ1) is 6.59. The number of phenolic OH excluding ortho intramolecular Hbond substituents is 1. The number of aryl methyl sites for hydroxylation is 1. The Morgan fingerprint density at radius 3 is 2.86 bits per heavy atom. The lowest BCUT2D eigenvalue weighted by atomic mass is 10.0. The van der Waals surface area contributed by atoms with Crippen LogP contribution >= 0.6 is 0 Å². The molecule has 0 spiro atoms. The Morgan fingerprint density at radius 1 is 1.50 bits per heavy atom. The van der Waals surface area contributed by atoms with Crippen LogP contribution in [0, 0.1) is 0 Å². The number of carbonyl (C=O) groups is 1. The van der Waals surface area contributed by atoms with Crippen LogP contribution in [0.3, 0.4) is 0 Å². The van der Waals surface area contributed by atoms with Crippen LogP contribution in [0.2, 0.25) is 0 Å². The van der Waals surface area contributed by atoms with E-state index in [1.165, 1.54) is 6.07 Å². The fourth-order valence-corrected chi connectivity index (χ4v) is 1.91. The number of fused-ring (bicyclic) bond motifs is 1. The van der Waals surface area contributed by atoms with Gasteiger partial charge in [-0.05, 0) is 30.5 Å². The molecule has 0 aromatic heterocycles. The summed E-state index contributed by atoms with van der Waals surface area (Å²) < 4.78 is 0. The lowest BCUT2D eigenvalue weighted by molar-refractivity contribution is 0.0696. The zero-order valence-corrected chi connectivity index (χ0v) is 7.53. The first-order valence-electron chi connectivity index (χ1n) is 4.44. The Bertz CT molecular complexity index is 401. The van der Waals surface area contributed by atoms with Gasteiger partial charge in [-0.15, -0.1) is 0 Å². The first-order valence-corrected chi connectivity index (χ1v) is 4.44. The standard InChI is InChI=1S/C10H11NO3/c11-7-2-1-5-3-6(10(13)14)4-8(12)9(5)7/h3-4,7,12H,1-2,11H2,(H,13,14)/t7-/m1/s1. The number of aromatic carboxylic acids is 1. The smallest absolute Gasteiger partial charge is 0.335 e. The number of rotatable bonds is 1. The number of aromatic hydroxyl groups is 1. The zero-order chi connectivity index (χ0) is 10.3. The van der Waals surface area contributed by atoms with Gasteiger partial charge in [0.1, 0.15) is 5.75 Å². The molecule has 1 aromatic rings. The number of hydrogen-bond donors (Lipinski definition) is 3. The fourth-order valence-electron chi connectivity index (χ4n) is 1.91. The molecule has 0 unspecified atom stereocenters. The molecule has 74 valence electrons. The molecule has 0 amide bonds. The lowest BCUT2D eigenvalue weighted by Crippen LogP contribution is -2.06. The summed E-state index contributed by atoms with van der Waals surface area (Å²) in [6, 6.07) is 2.68. The van der Waals surface area contributed by atoms with Crippen molar-refractivity contribution in [2.45, 2.75) is 18.9 Å². The molecule has 0 radical (unpaired) electrons. The second kappa shape index (κ2) is 2.99. The van der Waals surface area contributed by atoms with E-state index in [0.29, 0.717) is 5.56 Å². The normalized spacial score (nSPS) is 19.4. The van der Waals surface area contributed by atoms with Gasteiger partial charge in [-0.25, -0.2) is 4.79 Å². The highest BCUT2D eigenvalue weighted by molar-refractivity contribution is 5.88. The Kier molecular flexibility index (Phi) is 1.93. The number of carboxylic acids is 1. The van der Waals surface area contributed by atoms with Crippen LogP contribution in [0.5, 0.6) is 5.75 Å². The summed E-state index contributed by atoms with van der Waals surface area (Å²) in [6.45, 7) is 0. The number of benzene rings is 1. The van der Waals surface area contributed by atoms with Gasteiger partial charge in [-0.1, -0.05) is 0 Å². The molecular formula is C10H11NO3. The van der Waals surface area contributed by atoms with E-state index in [2.05, 4.69) is 0 Å². The summed E-state index contributed by atoms with van der Waals surface area (Å²) in [6.07, 6.45) is 1.51. The average Bonchev–Trinajstić information content (AvgIpc) is 2.48. The molecule has 4 nitrogen and oxygen atoms in total. The minimum atomic E-state index is -1.02. The minimum Gasteiger partial charge on any atom is -0.508 e. The van der Waals surface area contributed by atoms with Crippen molar-refractivity contribution in [3.8, 4) is 5.75 Å². The quantitative estimate of drug-likeness (QED) is 0.622. The molecule has 0 bridgehead atoms. The van der Waals surface area contributed by atoms with Gasteiger partial charge < -0.3 is 15.9 Å². The highest BCUT2D eigenvalue weighted by Crippen LogP contribution is 2.36. The third kappa shape index (κ3) is 1.24. The van der Waals surface area contributed by atoms with E-state index >= 15 is 0 Å². The first kappa shape index (κ1) is 9.02. The van der Waals surface area contributed by atoms with Crippen molar-refractivity contribution in [1.82, 2.24) is 0 Å². The maximum absolute atomic E-state index is 10.7. The molecule has 1 atom stereocenters. The lowest BCUT2D eigenvalue weighted by Gasteiger charge is -2.08. The Labute approximate surface area is 81.0 Å². The second-order valence-corrected chi connectivity index (χ2v) is 3.52. The van der Waals surface area contributed by atoms with Crippen molar-refractivity contribution < 1.29 is 15.0 Å². The molecule has 1 aliphatic carbocycles. The van der Waals surface area contributed by atoms with Crippen LogP contribution in [0.1, 0.15) is 33.9 Å². The van der Waals surface area contributed by atoms with Crippen LogP contribution in [-0.4, -0.2) is 16.2 Å². The fraction of sp³-hybridized carbons (Fsp3) is 0.300. The van der Waals surface area contributed by atoms with Crippen molar-refractivity contribution >= 4 is 5.97 Å². The number of carboxylic acid groups (broad SMARTS) is 1. The summed E-state index contributed by atoms with van der Waals surface area (Å²) in [5.41, 5.74) is 7.45. The third-order valence-electron chi connectivity index (χ3n) is 2.59. The molecular weight excluding hydrogens is 182 g/mol. The van der Waals surface area contributed by atoms with Crippen molar-refractivity contribution in [2.24, 2.45) is 5.73 Å². The van der Waals surface area contributed by atoms with Crippen molar-refractivity contribution in [2.75, 3.05) is 0 Å². The van der Waals surface area contributed by atoms with E-state index in [9.17, 15) is 9.90 Å². The van der Waals surface area contributed by atoms with E-state index in [1.54, 1.807) is 6.07 Å². The summed E-state index contributed by atoms with van der Waals surface area (Å²) in [5, 5.41) is 18.4. The molecule has 4 N–H and O–H groups in total. The minimum absolute atomic E-state index is 0.00454. The molecule has 0 saturated heterocycles. The monoisotopic (exact) mass is 193 g/mol. The highest BCUT2D eigenvalue weighted by Gasteiger charge is 2.24. The van der Waals surface area contributed by atoms with Crippen LogP contribution in [-0.2, 0) is 6.42 Å². The van der Waals surface area contributed by atoms with Gasteiger partial charge in [-0.2, -0.15) is 0 Å². The van der Waals surface area contributed by atoms with Gasteiger partial charge in [0, 0.05) is 11.6 Å². The van der Waals surface area contributed by atoms with Crippen LogP contribution in [0.15, 0.2) is 12.1 Å². The van der Waals surface area contributed by atoms with Crippen molar-refractivity contribution in [3.63, 3.8) is 0 Å². The van der Waals surface area contributed by atoms with Crippen LogP contribution < -0.4 is 5.73 Å². The van der Waals surface area contributed by atoms with Gasteiger partial charge in [0.2, 0.25) is 0 Å². The van der Waals surface area contributed by atoms with Gasteiger partial charge in [0.15, 0.2) is 0 Å². The number of nitrogens with two attached hydrogens (primary N) is 1. The van der Waals surface area contributed by atoms with E-state index in [1.807, 2.05) is 0 Å². The summed E-state index contributed by atoms with van der Waals surface area (Å²) in [4.78, 5) is 10.7. The van der Waals surface area contributed by atoms with Gasteiger partial charge in [-0.3, -0.25) is 0 Å². The number of hydrogen-bond acceptors (Lipinski definition) is 3. The molecule has 2 rings (SSSR count). The summed E-state index contributed by atoms with van der Waals surface area (Å²) in [7, 11) is 0. The van der Waals surface area contributed by atoms with Gasteiger partial charge >= 0.3 is 5.97 Å². The molecule has 0 saturated carbocycles. The largest absolute Gasteiger partial charge is 0.508 e. The SMILES string of the molecule is N[C@@H]1CCc2cc(C(=O)O)cc(O)c21. The van der Waals surface area contributed by atoms with Crippen LogP contribution in [0.25, 0.3) is 0 Å². The number of phenols is 1.